The number of nitrogens with one attached hydrogen (secondary N) is 1. The fourth-order valence-corrected chi connectivity index (χ4v) is 4.33. The van der Waals surface area contributed by atoms with Gasteiger partial charge in [0.25, 0.3) is 0 Å². The fourth-order valence-electron chi connectivity index (χ4n) is 4.33. The number of alkyl halides is 2. The first-order chi connectivity index (χ1) is 16.9. The van der Waals surface area contributed by atoms with E-state index in [0.29, 0.717) is 50.5 Å². The van der Waals surface area contributed by atoms with Crippen LogP contribution in [0.25, 0.3) is 11.0 Å². The molecule has 0 bridgehead atoms. The van der Waals surface area contributed by atoms with Gasteiger partial charge in [0.05, 0.1) is 24.4 Å². The number of anilines is 2. The van der Waals surface area contributed by atoms with Crippen molar-refractivity contribution in [3.63, 3.8) is 0 Å². The highest BCUT2D eigenvalue weighted by molar-refractivity contribution is 5.80. The molecule has 2 aliphatic rings. The number of pyridine rings is 1. The minimum absolute atomic E-state index is 0.0159. The molecule has 0 spiro atoms. The predicted molar refractivity (Wildman–Crippen MR) is 124 cm³/mol. The Morgan fingerprint density at radius 1 is 1.11 bits per heavy atom. The van der Waals surface area contributed by atoms with E-state index in [2.05, 4.69) is 19.9 Å². The van der Waals surface area contributed by atoms with Crippen molar-refractivity contribution in [1.29, 1.82) is 0 Å². The average Bonchev–Trinajstić information content (AvgIpc) is 3.34. The smallest absolute Gasteiger partial charge is 0.387 e. The number of nitrogens with zero attached hydrogens (tertiary/aromatic N) is 4. The van der Waals surface area contributed by atoms with Gasteiger partial charge in [-0.25, -0.2) is 14.4 Å². The SMILES string of the molecule is Cc1cc2nc(N3CCC(Oc4ccc(OC(F)F)cc4F)CC3)c(N[C@@H]3CCOC3)nc2cn1. The Bertz CT molecular complexity index is 1180. The molecule has 1 N–H and O–H groups in total. The van der Waals surface area contributed by atoms with Crippen molar-refractivity contribution < 1.29 is 27.4 Å². The Morgan fingerprint density at radius 2 is 1.94 bits per heavy atom. The first-order valence-electron chi connectivity index (χ1n) is 11.6. The second-order valence-electron chi connectivity index (χ2n) is 8.69. The largest absolute Gasteiger partial charge is 0.487 e. The monoisotopic (exact) mass is 489 g/mol. The Labute approximate surface area is 200 Å². The Morgan fingerprint density at radius 3 is 2.66 bits per heavy atom. The molecule has 0 amide bonds. The summed E-state index contributed by atoms with van der Waals surface area (Å²) >= 11 is 0. The van der Waals surface area contributed by atoms with Crippen LogP contribution in [0, 0.1) is 12.7 Å². The van der Waals surface area contributed by atoms with Crippen LogP contribution in [-0.4, -0.2) is 60.0 Å². The van der Waals surface area contributed by atoms with Gasteiger partial charge in [-0.15, -0.1) is 0 Å². The zero-order valence-corrected chi connectivity index (χ0v) is 19.2. The molecule has 5 rings (SSSR count). The van der Waals surface area contributed by atoms with Crippen molar-refractivity contribution in [3.8, 4) is 11.5 Å². The maximum atomic E-state index is 14.3. The van der Waals surface area contributed by atoms with Gasteiger partial charge in [0, 0.05) is 44.3 Å². The minimum atomic E-state index is -3.01. The molecule has 0 radical (unpaired) electrons. The number of hydrogen-bond donors (Lipinski definition) is 1. The van der Waals surface area contributed by atoms with Gasteiger partial charge in [-0.3, -0.25) is 4.98 Å². The molecule has 2 fully saturated rings. The zero-order valence-electron chi connectivity index (χ0n) is 19.2. The van der Waals surface area contributed by atoms with Crippen molar-refractivity contribution in [2.24, 2.45) is 0 Å². The lowest BCUT2D eigenvalue weighted by Gasteiger charge is -2.34. The van der Waals surface area contributed by atoms with Crippen molar-refractivity contribution in [3.05, 3.63) is 42.0 Å². The second kappa shape index (κ2) is 10.1. The normalized spacial score (nSPS) is 18.9. The van der Waals surface area contributed by atoms with Crippen LogP contribution >= 0.6 is 0 Å². The van der Waals surface area contributed by atoms with E-state index in [1.807, 2.05) is 13.0 Å². The number of piperidine rings is 1. The molecule has 1 atom stereocenters. The number of aryl methyl sites for hydroxylation is 1. The highest BCUT2D eigenvalue weighted by Gasteiger charge is 2.27. The maximum absolute atomic E-state index is 14.3. The van der Waals surface area contributed by atoms with Crippen LogP contribution < -0.4 is 19.7 Å². The Kier molecular flexibility index (Phi) is 6.76. The van der Waals surface area contributed by atoms with E-state index in [9.17, 15) is 13.2 Å². The van der Waals surface area contributed by atoms with Crippen LogP contribution in [0.2, 0.25) is 0 Å². The van der Waals surface area contributed by atoms with E-state index in [0.717, 1.165) is 29.5 Å². The van der Waals surface area contributed by atoms with Gasteiger partial charge in [0.2, 0.25) is 0 Å². The molecule has 1 aromatic carbocycles. The third-order valence-corrected chi connectivity index (χ3v) is 6.10. The Hall–Kier alpha value is -3.34. The van der Waals surface area contributed by atoms with Crippen molar-refractivity contribution >= 4 is 22.7 Å². The molecule has 3 aromatic rings. The number of benzene rings is 1. The lowest BCUT2D eigenvalue weighted by atomic mass is 10.1. The van der Waals surface area contributed by atoms with E-state index in [1.54, 1.807) is 6.20 Å². The van der Waals surface area contributed by atoms with Crippen molar-refractivity contribution in [1.82, 2.24) is 15.0 Å². The van der Waals surface area contributed by atoms with Crippen LogP contribution in [0.15, 0.2) is 30.5 Å². The summed E-state index contributed by atoms with van der Waals surface area (Å²) in [7, 11) is 0. The number of halogens is 3. The molecule has 0 aliphatic carbocycles. The van der Waals surface area contributed by atoms with Crippen molar-refractivity contribution in [2.45, 2.75) is 44.9 Å². The van der Waals surface area contributed by atoms with Crippen LogP contribution in [0.5, 0.6) is 11.5 Å². The Balaban J connectivity index is 1.30. The molecule has 4 heterocycles. The average molecular weight is 489 g/mol. The third-order valence-electron chi connectivity index (χ3n) is 6.10. The predicted octanol–water partition coefficient (Wildman–Crippen LogP) is 4.32. The first kappa shape index (κ1) is 23.4. The molecule has 2 aromatic heterocycles. The quantitative estimate of drug-likeness (QED) is 0.526. The summed E-state index contributed by atoms with van der Waals surface area (Å²) in [6.07, 6.45) is 3.67. The molecule has 186 valence electrons. The van der Waals surface area contributed by atoms with E-state index in [4.69, 9.17) is 19.4 Å². The fraction of sp³-hybridized carbons (Fsp3) is 0.458. The summed E-state index contributed by atoms with van der Waals surface area (Å²) in [6, 6.07) is 5.57. The van der Waals surface area contributed by atoms with E-state index >= 15 is 0 Å². The van der Waals surface area contributed by atoms with Crippen LogP contribution in [0.3, 0.4) is 0 Å². The maximum Gasteiger partial charge on any atom is 0.387 e. The van der Waals surface area contributed by atoms with Gasteiger partial charge in [0.15, 0.2) is 23.2 Å². The van der Waals surface area contributed by atoms with Gasteiger partial charge in [0.1, 0.15) is 17.4 Å². The third kappa shape index (κ3) is 5.50. The van der Waals surface area contributed by atoms with Crippen LogP contribution in [0.4, 0.5) is 24.8 Å². The zero-order chi connectivity index (χ0) is 24.4. The van der Waals surface area contributed by atoms with Gasteiger partial charge in [-0.2, -0.15) is 8.78 Å². The summed E-state index contributed by atoms with van der Waals surface area (Å²) in [6.45, 7) is 1.51. The molecular weight excluding hydrogens is 463 g/mol. The minimum Gasteiger partial charge on any atom is -0.487 e. The number of rotatable bonds is 7. The summed E-state index contributed by atoms with van der Waals surface area (Å²) in [4.78, 5) is 16.2. The molecule has 0 saturated carbocycles. The van der Waals surface area contributed by atoms with Gasteiger partial charge in [-0.1, -0.05) is 0 Å². The van der Waals surface area contributed by atoms with E-state index < -0.39 is 12.4 Å². The summed E-state index contributed by atoms with van der Waals surface area (Å²) in [5, 5.41) is 3.48. The lowest BCUT2D eigenvalue weighted by molar-refractivity contribution is -0.0500. The van der Waals surface area contributed by atoms with E-state index in [1.165, 1.54) is 12.1 Å². The highest BCUT2D eigenvalue weighted by Crippen LogP contribution is 2.31. The van der Waals surface area contributed by atoms with Crippen molar-refractivity contribution in [2.75, 3.05) is 36.5 Å². The number of hydrogen-bond acceptors (Lipinski definition) is 8. The second-order valence-corrected chi connectivity index (χ2v) is 8.69. The number of ether oxygens (including phenoxy) is 3. The summed E-state index contributed by atoms with van der Waals surface area (Å²) < 4.78 is 54.6. The van der Waals surface area contributed by atoms with Crippen LogP contribution in [0.1, 0.15) is 25.0 Å². The topological polar surface area (TPSA) is 81.6 Å². The first-order valence-corrected chi connectivity index (χ1v) is 11.6. The van der Waals surface area contributed by atoms with Crippen LogP contribution in [-0.2, 0) is 4.74 Å². The highest BCUT2D eigenvalue weighted by atomic mass is 19.3. The molecule has 0 unspecified atom stereocenters. The molecule has 8 nitrogen and oxygen atoms in total. The number of fused-ring (bicyclic) bond motifs is 1. The molecule has 2 saturated heterocycles. The van der Waals surface area contributed by atoms with Gasteiger partial charge >= 0.3 is 6.61 Å². The van der Waals surface area contributed by atoms with Gasteiger partial charge in [-0.05, 0) is 31.5 Å². The standard InChI is InChI=1S/C24H26F3N5O3/c1-14-10-19-20(12-28-14)30-22(29-15-6-9-33-13-15)23(31-19)32-7-4-16(5-8-32)34-21-3-2-17(11-18(21)25)35-24(26)27/h2-3,10-12,15-16,24H,4-9,13H2,1H3,(H,29,30)/t15-/m1/s1. The summed E-state index contributed by atoms with van der Waals surface area (Å²) in [5.74, 6) is 0.488. The summed E-state index contributed by atoms with van der Waals surface area (Å²) in [5.41, 5.74) is 2.35. The lowest BCUT2D eigenvalue weighted by Crippen LogP contribution is -2.39. The van der Waals surface area contributed by atoms with Gasteiger partial charge < -0.3 is 24.4 Å². The molecule has 2 aliphatic heterocycles. The molecule has 11 heteroatoms. The number of aromatic nitrogens is 3. The molecular formula is C24H26F3N5O3. The molecule has 35 heavy (non-hydrogen) atoms. The van der Waals surface area contributed by atoms with E-state index in [-0.39, 0.29) is 23.6 Å².